The molecule has 0 unspecified atom stereocenters. The Balaban J connectivity index is 1.67. The molecule has 0 fully saturated rings. The van der Waals surface area contributed by atoms with Crippen molar-refractivity contribution in [3.05, 3.63) is 64.8 Å². The highest BCUT2D eigenvalue weighted by Gasteiger charge is 2.08. The zero-order chi connectivity index (χ0) is 15.5. The molecular formula is C17H16ClN3O. The van der Waals surface area contributed by atoms with E-state index in [0.29, 0.717) is 11.6 Å². The van der Waals surface area contributed by atoms with Crippen LogP contribution in [0.25, 0.3) is 10.9 Å². The van der Waals surface area contributed by atoms with Crippen LogP contribution in [0.4, 0.5) is 0 Å². The average Bonchev–Trinajstić information content (AvgIpc) is 2.88. The minimum atomic E-state index is -0.0773. The Morgan fingerprint density at radius 1 is 1.27 bits per heavy atom. The number of halogens is 1. The fourth-order valence-electron chi connectivity index (χ4n) is 2.35. The lowest BCUT2D eigenvalue weighted by Gasteiger charge is -2.07. The maximum atomic E-state index is 12.1. The molecule has 0 aliphatic heterocycles. The number of hydrogen-bond donors (Lipinski definition) is 1. The molecule has 3 rings (SSSR count). The van der Waals surface area contributed by atoms with E-state index in [1.807, 2.05) is 49.4 Å². The number of nitrogens with one attached hydrogen (secondary N) is 1. The van der Waals surface area contributed by atoms with Gasteiger partial charge in [-0.3, -0.25) is 9.48 Å². The Morgan fingerprint density at radius 3 is 2.95 bits per heavy atom. The van der Waals surface area contributed by atoms with Crippen LogP contribution in [-0.4, -0.2) is 15.7 Å². The summed E-state index contributed by atoms with van der Waals surface area (Å²) in [6.07, 6.45) is 1.78. The van der Waals surface area contributed by atoms with Gasteiger partial charge >= 0.3 is 0 Å². The molecule has 0 spiro atoms. The van der Waals surface area contributed by atoms with Gasteiger partial charge in [-0.2, -0.15) is 5.10 Å². The van der Waals surface area contributed by atoms with E-state index in [0.717, 1.165) is 22.0 Å². The second kappa shape index (κ2) is 6.20. The number of amides is 1. The van der Waals surface area contributed by atoms with Crippen LogP contribution in [0.1, 0.15) is 11.1 Å². The van der Waals surface area contributed by atoms with E-state index in [-0.39, 0.29) is 12.5 Å². The lowest BCUT2D eigenvalue weighted by atomic mass is 10.2. The molecule has 112 valence electrons. The lowest BCUT2D eigenvalue weighted by molar-refractivity contribution is -0.121. The first-order valence-electron chi connectivity index (χ1n) is 7.05. The first-order chi connectivity index (χ1) is 10.6. The molecule has 1 N–H and O–H groups in total. The van der Waals surface area contributed by atoms with Gasteiger partial charge in [0.2, 0.25) is 5.91 Å². The predicted octanol–water partition coefficient (Wildman–Crippen LogP) is 3.31. The van der Waals surface area contributed by atoms with Crippen LogP contribution in [0.3, 0.4) is 0 Å². The van der Waals surface area contributed by atoms with Crippen LogP contribution in [0.2, 0.25) is 5.02 Å². The first-order valence-corrected chi connectivity index (χ1v) is 7.43. The van der Waals surface area contributed by atoms with Crippen LogP contribution < -0.4 is 5.32 Å². The molecule has 0 aliphatic carbocycles. The zero-order valence-electron chi connectivity index (χ0n) is 12.2. The van der Waals surface area contributed by atoms with Gasteiger partial charge in [0.15, 0.2) is 0 Å². The molecule has 0 aliphatic rings. The molecule has 3 aromatic rings. The Hall–Kier alpha value is -2.33. The van der Waals surface area contributed by atoms with Crippen LogP contribution in [-0.2, 0) is 17.9 Å². The van der Waals surface area contributed by atoms with Crippen molar-refractivity contribution < 1.29 is 4.79 Å². The van der Waals surface area contributed by atoms with E-state index >= 15 is 0 Å². The number of rotatable bonds is 4. The molecule has 1 aromatic heterocycles. The normalized spacial score (nSPS) is 10.8. The molecule has 0 saturated carbocycles. The summed E-state index contributed by atoms with van der Waals surface area (Å²) in [4.78, 5) is 12.1. The Bertz CT molecular complexity index is 826. The van der Waals surface area contributed by atoms with Crippen LogP contribution >= 0.6 is 11.6 Å². The van der Waals surface area contributed by atoms with Gasteiger partial charge < -0.3 is 5.32 Å². The van der Waals surface area contributed by atoms with Gasteiger partial charge in [0.1, 0.15) is 6.54 Å². The van der Waals surface area contributed by atoms with Gasteiger partial charge in [-0.05, 0) is 36.2 Å². The number of carbonyl (C=O) groups excluding carboxylic acids is 1. The summed E-state index contributed by atoms with van der Waals surface area (Å²) in [5.74, 6) is -0.0773. The Morgan fingerprint density at radius 2 is 2.14 bits per heavy atom. The topological polar surface area (TPSA) is 46.9 Å². The molecule has 5 heteroatoms. The van der Waals surface area contributed by atoms with Gasteiger partial charge in [0.05, 0.1) is 11.7 Å². The molecule has 0 radical (unpaired) electrons. The van der Waals surface area contributed by atoms with Crippen LogP contribution in [0.5, 0.6) is 0 Å². The number of aryl methyl sites for hydroxylation is 1. The summed E-state index contributed by atoms with van der Waals surface area (Å²) in [5.41, 5.74) is 3.09. The highest BCUT2D eigenvalue weighted by Crippen LogP contribution is 2.15. The molecule has 4 nitrogen and oxygen atoms in total. The summed E-state index contributed by atoms with van der Waals surface area (Å²) in [6, 6.07) is 13.5. The largest absolute Gasteiger partial charge is 0.350 e. The fraction of sp³-hybridized carbons (Fsp3) is 0.176. The number of hydrogen-bond acceptors (Lipinski definition) is 2. The number of benzene rings is 2. The van der Waals surface area contributed by atoms with E-state index < -0.39 is 0 Å². The van der Waals surface area contributed by atoms with Gasteiger partial charge in [0.25, 0.3) is 0 Å². The van der Waals surface area contributed by atoms with E-state index in [1.165, 1.54) is 0 Å². The van der Waals surface area contributed by atoms with E-state index in [2.05, 4.69) is 10.4 Å². The minimum absolute atomic E-state index is 0.0773. The third-order valence-electron chi connectivity index (χ3n) is 3.47. The summed E-state index contributed by atoms with van der Waals surface area (Å²) >= 11 is 5.93. The molecule has 0 bridgehead atoms. The third-order valence-corrected chi connectivity index (χ3v) is 3.71. The molecule has 1 amide bonds. The average molecular weight is 314 g/mol. The first kappa shape index (κ1) is 14.6. The Labute approximate surface area is 133 Å². The number of carbonyl (C=O) groups is 1. The van der Waals surface area contributed by atoms with Gasteiger partial charge in [-0.15, -0.1) is 0 Å². The molecule has 0 saturated heterocycles. The van der Waals surface area contributed by atoms with E-state index in [9.17, 15) is 4.79 Å². The van der Waals surface area contributed by atoms with E-state index in [4.69, 9.17) is 11.6 Å². The van der Waals surface area contributed by atoms with Gasteiger partial charge in [-0.1, -0.05) is 35.9 Å². The quantitative estimate of drug-likeness (QED) is 0.803. The van der Waals surface area contributed by atoms with Crippen molar-refractivity contribution in [1.82, 2.24) is 15.1 Å². The summed E-state index contributed by atoms with van der Waals surface area (Å²) in [7, 11) is 0. The molecule has 0 atom stereocenters. The summed E-state index contributed by atoms with van der Waals surface area (Å²) in [5, 5.41) is 8.87. The highest BCUT2D eigenvalue weighted by molar-refractivity contribution is 6.30. The molecule has 2 aromatic carbocycles. The molecule has 1 heterocycles. The van der Waals surface area contributed by atoms with Crippen LogP contribution in [0.15, 0.2) is 48.7 Å². The second-order valence-electron chi connectivity index (χ2n) is 5.27. The SMILES string of the molecule is Cc1ccc2cnn(CC(=O)NCc3cccc(Cl)c3)c2c1. The number of aromatic nitrogens is 2. The number of nitrogens with zero attached hydrogens (tertiary/aromatic N) is 2. The van der Waals surface area contributed by atoms with Crippen molar-refractivity contribution in [2.45, 2.75) is 20.0 Å². The summed E-state index contributed by atoms with van der Waals surface area (Å²) in [6.45, 7) is 2.68. The van der Waals surface area contributed by atoms with Crippen LogP contribution in [0, 0.1) is 6.92 Å². The van der Waals surface area contributed by atoms with Crippen molar-refractivity contribution in [2.24, 2.45) is 0 Å². The highest BCUT2D eigenvalue weighted by atomic mass is 35.5. The van der Waals surface area contributed by atoms with Crippen molar-refractivity contribution in [3.63, 3.8) is 0 Å². The molecule has 22 heavy (non-hydrogen) atoms. The maximum absolute atomic E-state index is 12.1. The van der Waals surface area contributed by atoms with Gasteiger partial charge in [0, 0.05) is 17.0 Å². The van der Waals surface area contributed by atoms with Gasteiger partial charge in [-0.25, -0.2) is 0 Å². The van der Waals surface area contributed by atoms with Crippen molar-refractivity contribution in [2.75, 3.05) is 0 Å². The van der Waals surface area contributed by atoms with Crippen molar-refractivity contribution in [1.29, 1.82) is 0 Å². The standard InChI is InChI=1S/C17H16ClN3O/c1-12-5-6-14-10-20-21(16(14)7-12)11-17(22)19-9-13-3-2-4-15(18)8-13/h2-8,10H,9,11H2,1H3,(H,19,22). The van der Waals surface area contributed by atoms with Crippen molar-refractivity contribution >= 4 is 28.4 Å². The van der Waals surface area contributed by atoms with Crippen molar-refractivity contribution in [3.8, 4) is 0 Å². The molecular weight excluding hydrogens is 298 g/mol. The summed E-state index contributed by atoms with van der Waals surface area (Å²) < 4.78 is 1.72. The van der Waals surface area contributed by atoms with E-state index in [1.54, 1.807) is 10.9 Å². The fourth-order valence-corrected chi connectivity index (χ4v) is 2.56. The minimum Gasteiger partial charge on any atom is -0.350 e. The maximum Gasteiger partial charge on any atom is 0.242 e. The predicted molar refractivity (Wildman–Crippen MR) is 87.8 cm³/mol. The smallest absolute Gasteiger partial charge is 0.242 e. The Kier molecular flexibility index (Phi) is 4.11. The lowest BCUT2D eigenvalue weighted by Crippen LogP contribution is -2.27. The second-order valence-corrected chi connectivity index (χ2v) is 5.71. The number of fused-ring (bicyclic) bond motifs is 1. The zero-order valence-corrected chi connectivity index (χ0v) is 13.0. The monoisotopic (exact) mass is 313 g/mol. The third kappa shape index (κ3) is 3.28.